The number of sulfonamides is 1. The molecular weight excluding hydrogens is 273 g/mol. The van der Waals surface area contributed by atoms with Gasteiger partial charge in [0.15, 0.2) is 0 Å². The van der Waals surface area contributed by atoms with Crippen LogP contribution in [-0.2, 0) is 16.6 Å². The Kier molecular flexibility index (Phi) is 3.82. The van der Waals surface area contributed by atoms with E-state index in [0.717, 1.165) is 12.1 Å². The summed E-state index contributed by atoms with van der Waals surface area (Å²) in [6, 6.07) is 4.97. The maximum Gasteiger partial charge on any atom is 0.265 e. The fraction of sp³-hybridized carbons (Fsp3) is 0.182. The minimum atomic E-state index is -3.76. The summed E-state index contributed by atoms with van der Waals surface area (Å²) in [6.45, 7) is 0.0820. The van der Waals surface area contributed by atoms with Gasteiger partial charge in [0, 0.05) is 11.9 Å². The fourth-order valence-corrected chi connectivity index (χ4v) is 2.45. The number of anilines is 1. The minimum Gasteiger partial charge on any atom is -0.394 e. The van der Waals surface area contributed by atoms with Crippen LogP contribution in [0.5, 0.6) is 0 Å². The quantitative estimate of drug-likeness (QED) is 0.851. The smallest absolute Gasteiger partial charge is 0.265 e. The van der Waals surface area contributed by atoms with E-state index >= 15 is 0 Å². The van der Waals surface area contributed by atoms with Gasteiger partial charge in [0.25, 0.3) is 10.0 Å². The summed E-state index contributed by atoms with van der Waals surface area (Å²) < 4.78 is 40.3. The molecule has 0 aliphatic rings. The lowest BCUT2D eigenvalue weighted by Gasteiger charge is -2.05. The van der Waals surface area contributed by atoms with E-state index in [2.05, 4.69) is 9.82 Å². The molecule has 6 nitrogen and oxygen atoms in total. The highest BCUT2D eigenvalue weighted by molar-refractivity contribution is 7.92. The molecule has 0 aliphatic heterocycles. The van der Waals surface area contributed by atoms with Crippen molar-refractivity contribution in [2.75, 3.05) is 11.3 Å². The number of halogens is 1. The Balaban J connectivity index is 2.19. The van der Waals surface area contributed by atoms with Gasteiger partial charge in [-0.15, -0.1) is 0 Å². The SMILES string of the molecule is O=S(=O)(Nc1ccc(F)cc1)c1cnn(CCO)c1. The normalized spacial score (nSPS) is 11.5. The van der Waals surface area contributed by atoms with Crippen LogP contribution in [0.1, 0.15) is 0 Å². The van der Waals surface area contributed by atoms with Crippen LogP contribution >= 0.6 is 0 Å². The topological polar surface area (TPSA) is 84.2 Å². The van der Waals surface area contributed by atoms with Crippen molar-refractivity contribution in [3.63, 3.8) is 0 Å². The third-order valence-corrected chi connectivity index (χ3v) is 3.68. The molecule has 102 valence electrons. The molecule has 0 saturated carbocycles. The monoisotopic (exact) mass is 285 g/mol. The highest BCUT2D eigenvalue weighted by Crippen LogP contribution is 2.15. The molecule has 1 heterocycles. The van der Waals surface area contributed by atoms with Gasteiger partial charge in [-0.05, 0) is 24.3 Å². The summed E-state index contributed by atoms with van der Waals surface area (Å²) in [5.41, 5.74) is 0.260. The standard InChI is InChI=1S/C11H12FN3O3S/c12-9-1-3-10(4-2-9)14-19(17,18)11-7-13-15(8-11)5-6-16/h1-4,7-8,14,16H,5-6H2. The Morgan fingerprint density at radius 3 is 2.63 bits per heavy atom. The molecule has 0 saturated heterocycles. The van der Waals surface area contributed by atoms with Crippen molar-refractivity contribution in [1.82, 2.24) is 9.78 Å². The number of nitrogens with one attached hydrogen (secondary N) is 1. The maximum absolute atomic E-state index is 12.7. The molecule has 2 rings (SSSR count). The first kappa shape index (κ1) is 13.5. The second-order valence-electron chi connectivity index (χ2n) is 3.78. The first-order valence-electron chi connectivity index (χ1n) is 5.43. The van der Waals surface area contributed by atoms with Crippen molar-refractivity contribution >= 4 is 15.7 Å². The molecule has 19 heavy (non-hydrogen) atoms. The third-order valence-electron chi connectivity index (χ3n) is 2.35. The van der Waals surface area contributed by atoms with Gasteiger partial charge in [-0.1, -0.05) is 0 Å². The summed E-state index contributed by atoms with van der Waals surface area (Å²) >= 11 is 0. The number of hydrogen-bond donors (Lipinski definition) is 2. The molecular formula is C11H12FN3O3S. The number of rotatable bonds is 5. The first-order valence-corrected chi connectivity index (χ1v) is 6.91. The summed E-state index contributed by atoms with van der Waals surface area (Å²) in [7, 11) is -3.76. The molecule has 0 bridgehead atoms. The van der Waals surface area contributed by atoms with E-state index in [0.29, 0.717) is 0 Å². The van der Waals surface area contributed by atoms with Gasteiger partial charge >= 0.3 is 0 Å². The Morgan fingerprint density at radius 1 is 1.32 bits per heavy atom. The van der Waals surface area contributed by atoms with Gasteiger partial charge in [0.05, 0.1) is 19.3 Å². The molecule has 0 amide bonds. The molecule has 1 aromatic carbocycles. The molecule has 0 spiro atoms. The van der Waals surface area contributed by atoms with Gasteiger partial charge in [-0.2, -0.15) is 5.10 Å². The second-order valence-corrected chi connectivity index (χ2v) is 5.46. The van der Waals surface area contributed by atoms with Gasteiger partial charge in [0.2, 0.25) is 0 Å². The van der Waals surface area contributed by atoms with Crippen LogP contribution in [0.25, 0.3) is 0 Å². The lowest BCUT2D eigenvalue weighted by Crippen LogP contribution is -2.12. The van der Waals surface area contributed by atoms with Crippen molar-refractivity contribution < 1.29 is 17.9 Å². The van der Waals surface area contributed by atoms with Gasteiger partial charge in [0.1, 0.15) is 10.7 Å². The molecule has 0 unspecified atom stereocenters. The molecule has 8 heteroatoms. The predicted molar refractivity (Wildman–Crippen MR) is 66.5 cm³/mol. The number of benzene rings is 1. The summed E-state index contributed by atoms with van der Waals surface area (Å²) in [4.78, 5) is -0.0229. The van der Waals surface area contributed by atoms with Crippen LogP contribution in [0.4, 0.5) is 10.1 Å². The van der Waals surface area contributed by atoms with Gasteiger partial charge in [-0.3, -0.25) is 9.40 Å². The van der Waals surface area contributed by atoms with Crippen LogP contribution in [0, 0.1) is 5.82 Å². The van der Waals surface area contributed by atoms with E-state index in [1.807, 2.05) is 0 Å². The van der Waals surface area contributed by atoms with E-state index < -0.39 is 15.8 Å². The zero-order chi connectivity index (χ0) is 13.9. The van der Waals surface area contributed by atoms with Crippen molar-refractivity contribution in [2.24, 2.45) is 0 Å². The maximum atomic E-state index is 12.7. The molecule has 0 atom stereocenters. The summed E-state index contributed by atoms with van der Waals surface area (Å²) in [6.07, 6.45) is 2.49. The minimum absolute atomic E-state index is 0.0229. The van der Waals surface area contributed by atoms with E-state index in [-0.39, 0.29) is 23.7 Å². The lowest BCUT2D eigenvalue weighted by molar-refractivity contribution is 0.269. The van der Waals surface area contributed by atoms with E-state index in [4.69, 9.17) is 5.11 Å². The molecule has 2 N–H and O–H groups in total. The Hall–Kier alpha value is -1.93. The number of aromatic nitrogens is 2. The van der Waals surface area contributed by atoms with E-state index in [9.17, 15) is 12.8 Å². The first-order chi connectivity index (χ1) is 9.01. The van der Waals surface area contributed by atoms with Crippen molar-refractivity contribution in [1.29, 1.82) is 0 Å². The van der Waals surface area contributed by atoms with Gasteiger partial charge in [-0.25, -0.2) is 12.8 Å². The number of hydrogen-bond acceptors (Lipinski definition) is 4. The van der Waals surface area contributed by atoms with Crippen LogP contribution in [0.2, 0.25) is 0 Å². The van der Waals surface area contributed by atoms with Crippen molar-refractivity contribution in [3.8, 4) is 0 Å². The molecule has 0 radical (unpaired) electrons. The van der Waals surface area contributed by atoms with Gasteiger partial charge < -0.3 is 5.11 Å². The average Bonchev–Trinajstić information content (AvgIpc) is 2.82. The molecule has 2 aromatic rings. The molecule has 0 fully saturated rings. The van der Waals surface area contributed by atoms with Crippen LogP contribution in [0.15, 0.2) is 41.6 Å². The highest BCUT2D eigenvalue weighted by Gasteiger charge is 2.16. The predicted octanol–water partition coefficient (Wildman–Crippen LogP) is 0.815. The molecule has 1 aromatic heterocycles. The Morgan fingerprint density at radius 2 is 2.00 bits per heavy atom. The Labute approximate surface area is 109 Å². The third kappa shape index (κ3) is 3.30. The fourth-order valence-electron chi connectivity index (χ4n) is 1.44. The van der Waals surface area contributed by atoms with E-state index in [1.54, 1.807) is 0 Å². The summed E-state index contributed by atoms with van der Waals surface area (Å²) in [5.74, 6) is -0.446. The lowest BCUT2D eigenvalue weighted by atomic mass is 10.3. The average molecular weight is 285 g/mol. The summed E-state index contributed by atoms with van der Waals surface area (Å²) in [5, 5.41) is 12.5. The Bertz CT molecular complexity index is 652. The van der Waals surface area contributed by atoms with Crippen LogP contribution in [-0.4, -0.2) is 29.9 Å². The molecule has 0 aliphatic carbocycles. The van der Waals surface area contributed by atoms with Crippen molar-refractivity contribution in [2.45, 2.75) is 11.4 Å². The highest BCUT2D eigenvalue weighted by atomic mass is 32.2. The zero-order valence-corrected chi connectivity index (χ0v) is 10.6. The second kappa shape index (κ2) is 5.37. The number of aliphatic hydroxyl groups excluding tert-OH is 1. The number of aliphatic hydroxyl groups is 1. The zero-order valence-electron chi connectivity index (χ0n) is 9.82. The van der Waals surface area contributed by atoms with Crippen LogP contribution in [0.3, 0.4) is 0 Å². The number of nitrogens with zero attached hydrogens (tertiary/aromatic N) is 2. The van der Waals surface area contributed by atoms with Crippen molar-refractivity contribution in [3.05, 3.63) is 42.5 Å². The van der Waals surface area contributed by atoms with Crippen LogP contribution < -0.4 is 4.72 Å². The largest absolute Gasteiger partial charge is 0.394 e. The van der Waals surface area contributed by atoms with E-state index in [1.165, 1.54) is 29.2 Å².